The van der Waals surface area contributed by atoms with E-state index in [0.717, 1.165) is 6.07 Å². The first-order valence-electron chi connectivity index (χ1n) is 5.47. The van der Waals surface area contributed by atoms with Crippen LogP contribution in [-0.2, 0) is 4.79 Å². The fourth-order valence-electron chi connectivity index (χ4n) is 1.56. The van der Waals surface area contributed by atoms with Gasteiger partial charge < -0.3 is 15.7 Å². The number of nitrogens with zero attached hydrogens (tertiary/aromatic N) is 1. The number of phenols is 1. The minimum atomic E-state index is -0.495. The Hall–Kier alpha value is -1.62. The second kappa shape index (κ2) is 6.20. The summed E-state index contributed by atoms with van der Waals surface area (Å²) in [6, 6.07) is 3.80. The molecule has 0 saturated carbocycles. The summed E-state index contributed by atoms with van der Waals surface area (Å²) in [6.07, 6.45) is 0.372. The van der Waals surface area contributed by atoms with Crippen molar-refractivity contribution >= 4 is 11.5 Å². The summed E-state index contributed by atoms with van der Waals surface area (Å²) in [4.78, 5) is 12.7. The molecule has 0 aliphatic rings. The second-order valence-electron chi connectivity index (χ2n) is 3.86. The van der Waals surface area contributed by atoms with Gasteiger partial charge in [0.15, 0.2) is 0 Å². The normalized spacial score (nSPS) is 10.3. The van der Waals surface area contributed by atoms with Gasteiger partial charge in [-0.1, -0.05) is 0 Å². The van der Waals surface area contributed by atoms with E-state index in [1.165, 1.54) is 19.1 Å². The maximum Gasteiger partial charge on any atom is 0.141 e. The number of benzene rings is 1. The van der Waals surface area contributed by atoms with Gasteiger partial charge in [-0.2, -0.15) is 0 Å². The lowest BCUT2D eigenvalue weighted by Gasteiger charge is -2.24. The number of hydrogen-bond acceptors (Lipinski definition) is 4. The monoisotopic (exact) mass is 240 g/mol. The lowest BCUT2D eigenvalue weighted by molar-refractivity contribution is -0.116. The highest BCUT2D eigenvalue weighted by molar-refractivity contribution is 5.76. The van der Waals surface area contributed by atoms with Crippen molar-refractivity contribution < 1.29 is 14.3 Å². The summed E-state index contributed by atoms with van der Waals surface area (Å²) in [5.74, 6) is -0.568. The summed E-state index contributed by atoms with van der Waals surface area (Å²) < 4.78 is 12.9. The SMILES string of the molecule is CC(=O)CCN(CCN)c1ccc(F)cc1O. The van der Waals surface area contributed by atoms with Gasteiger partial charge in [0, 0.05) is 32.1 Å². The molecule has 0 saturated heterocycles. The zero-order valence-corrected chi connectivity index (χ0v) is 9.82. The molecular formula is C12H17FN2O2. The van der Waals surface area contributed by atoms with Gasteiger partial charge in [0.1, 0.15) is 17.3 Å². The quantitative estimate of drug-likeness (QED) is 0.786. The molecule has 5 heteroatoms. The van der Waals surface area contributed by atoms with E-state index in [0.29, 0.717) is 31.7 Å². The topological polar surface area (TPSA) is 66.6 Å². The van der Waals surface area contributed by atoms with Gasteiger partial charge in [0.05, 0.1) is 5.69 Å². The Morgan fingerprint density at radius 3 is 2.71 bits per heavy atom. The fraction of sp³-hybridized carbons (Fsp3) is 0.417. The minimum absolute atomic E-state index is 0.0635. The van der Waals surface area contributed by atoms with Crippen molar-refractivity contribution in [3.8, 4) is 5.75 Å². The zero-order valence-electron chi connectivity index (χ0n) is 9.82. The van der Waals surface area contributed by atoms with E-state index in [2.05, 4.69) is 0 Å². The van der Waals surface area contributed by atoms with Crippen molar-refractivity contribution in [1.82, 2.24) is 0 Å². The van der Waals surface area contributed by atoms with Gasteiger partial charge in [-0.3, -0.25) is 4.79 Å². The van der Waals surface area contributed by atoms with Crippen molar-refractivity contribution in [3.63, 3.8) is 0 Å². The van der Waals surface area contributed by atoms with Crippen LogP contribution in [0.25, 0.3) is 0 Å². The van der Waals surface area contributed by atoms with Crippen LogP contribution >= 0.6 is 0 Å². The highest BCUT2D eigenvalue weighted by Crippen LogP contribution is 2.27. The van der Waals surface area contributed by atoms with Crippen LogP contribution in [0.4, 0.5) is 10.1 Å². The number of carbonyl (C=O) groups is 1. The first-order valence-corrected chi connectivity index (χ1v) is 5.47. The molecule has 1 aromatic rings. The van der Waals surface area contributed by atoms with Crippen LogP contribution < -0.4 is 10.6 Å². The summed E-state index contributed by atoms with van der Waals surface area (Å²) in [6.45, 7) is 2.87. The van der Waals surface area contributed by atoms with Gasteiger partial charge >= 0.3 is 0 Å². The Bertz CT molecular complexity index is 396. The van der Waals surface area contributed by atoms with Crippen molar-refractivity contribution in [3.05, 3.63) is 24.0 Å². The van der Waals surface area contributed by atoms with Gasteiger partial charge in [-0.15, -0.1) is 0 Å². The van der Waals surface area contributed by atoms with Crippen LogP contribution in [0.15, 0.2) is 18.2 Å². The zero-order chi connectivity index (χ0) is 12.8. The van der Waals surface area contributed by atoms with Crippen LogP contribution in [0.5, 0.6) is 5.75 Å². The average Bonchev–Trinajstić information content (AvgIpc) is 2.24. The lowest BCUT2D eigenvalue weighted by Crippen LogP contribution is -2.31. The van der Waals surface area contributed by atoms with Crippen molar-refractivity contribution in [1.29, 1.82) is 0 Å². The first kappa shape index (κ1) is 13.4. The lowest BCUT2D eigenvalue weighted by atomic mass is 10.2. The van der Waals surface area contributed by atoms with Crippen LogP contribution in [0.3, 0.4) is 0 Å². The number of aromatic hydroxyl groups is 1. The molecular weight excluding hydrogens is 223 g/mol. The number of carbonyl (C=O) groups excluding carboxylic acids is 1. The molecule has 0 bridgehead atoms. The molecule has 0 amide bonds. The predicted molar refractivity (Wildman–Crippen MR) is 64.6 cm³/mol. The molecule has 0 spiro atoms. The van der Waals surface area contributed by atoms with E-state index in [1.807, 2.05) is 0 Å². The molecule has 0 unspecified atom stereocenters. The summed E-state index contributed by atoms with van der Waals surface area (Å²) in [5.41, 5.74) is 5.97. The Morgan fingerprint density at radius 1 is 1.47 bits per heavy atom. The molecule has 1 rings (SSSR count). The molecule has 4 nitrogen and oxygen atoms in total. The van der Waals surface area contributed by atoms with E-state index >= 15 is 0 Å². The third-order valence-electron chi connectivity index (χ3n) is 2.41. The summed E-state index contributed by atoms with van der Waals surface area (Å²) in [7, 11) is 0. The largest absolute Gasteiger partial charge is 0.506 e. The maximum atomic E-state index is 12.9. The standard InChI is InChI=1S/C12H17FN2O2/c1-9(16)4-6-15(7-5-14)11-3-2-10(13)8-12(11)17/h2-3,8,17H,4-7,14H2,1H3. The number of halogens is 1. The molecule has 0 atom stereocenters. The number of hydrogen-bond donors (Lipinski definition) is 2. The second-order valence-corrected chi connectivity index (χ2v) is 3.86. The molecule has 0 heterocycles. The summed E-state index contributed by atoms with van der Waals surface area (Å²) in [5, 5.41) is 9.65. The molecule has 0 fully saturated rings. The highest BCUT2D eigenvalue weighted by atomic mass is 19.1. The van der Waals surface area contributed by atoms with E-state index < -0.39 is 5.82 Å². The van der Waals surface area contributed by atoms with E-state index in [1.54, 1.807) is 4.90 Å². The molecule has 17 heavy (non-hydrogen) atoms. The van der Waals surface area contributed by atoms with E-state index in [9.17, 15) is 14.3 Å². The number of nitrogens with two attached hydrogens (primary N) is 1. The van der Waals surface area contributed by atoms with Crippen LogP contribution in [0.1, 0.15) is 13.3 Å². The van der Waals surface area contributed by atoms with Crippen molar-refractivity contribution in [2.24, 2.45) is 5.73 Å². The Kier molecular flexibility index (Phi) is 4.90. The Morgan fingerprint density at radius 2 is 2.18 bits per heavy atom. The highest BCUT2D eigenvalue weighted by Gasteiger charge is 2.11. The molecule has 0 aromatic heterocycles. The van der Waals surface area contributed by atoms with Crippen LogP contribution in [0.2, 0.25) is 0 Å². The van der Waals surface area contributed by atoms with Crippen LogP contribution in [-0.4, -0.2) is 30.5 Å². The minimum Gasteiger partial charge on any atom is -0.506 e. The van der Waals surface area contributed by atoms with Gasteiger partial charge in [0.2, 0.25) is 0 Å². The van der Waals surface area contributed by atoms with E-state index in [-0.39, 0.29) is 11.5 Å². The van der Waals surface area contributed by atoms with Crippen molar-refractivity contribution in [2.75, 3.05) is 24.5 Å². The molecule has 1 aromatic carbocycles. The number of rotatable bonds is 6. The van der Waals surface area contributed by atoms with Gasteiger partial charge in [-0.05, 0) is 19.1 Å². The Balaban J connectivity index is 2.84. The van der Waals surface area contributed by atoms with Gasteiger partial charge in [0.25, 0.3) is 0 Å². The third kappa shape index (κ3) is 4.03. The molecule has 94 valence electrons. The molecule has 0 radical (unpaired) electrons. The number of anilines is 1. The van der Waals surface area contributed by atoms with Crippen LogP contribution in [0, 0.1) is 5.82 Å². The third-order valence-corrected chi connectivity index (χ3v) is 2.41. The van der Waals surface area contributed by atoms with Gasteiger partial charge in [-0.25, -0.2) is 4.39 Å². The average molecular weight is 240 g/mol. The predicted octanol–water partition coefficient (Wildman–Crippen LogP) is 1.28. The smallest absolute Gasteiger partial charge is 0.141 e. The maximum absolute atomic E-state index is 12.9. The number of ketones is 1. The first-order chi connectivity index (χ1) is 8.04. The number of phenolic OH excluding ortho intramolecular Hbond substituents is 1. The van der Waals surface area contributed by atoms with Crippen molar-refractivity contribution in [2.45, 2.75) is 13.3 Å². The Labute approximate surface area is 99.8 Å². The molecule has 3 N–H and O–H groups in total. The molecule has 0 aliphatic heterocycles. The van der Waals surface area contributed by atoms with E-state index in [4.69, 9.17) is 5.73 Å². The number of Topliss-reactive ketones (excluding diaryl/α,β-unsaturated/α-hetero) is 1. The summed E-state index contributed by atoms with van der Waals surface area (Å²) >= 11 is 0. The molecule has 0 aliphatic carbocycles. The fourth-order valence-corrected chi connectivity index (χ4v) is 1.56.